The maximum absolute atomic E-state index is 11.4. The van der Waals surface area contributed by atoms with E-state index in [0.717, 1.165) is 11.1 Å². The molecule has 0 radical (unpaired) electrons. The van der Waals surface area contributed by atoms with Crippen LogP contribution < -0.4 is 5.32 Å². The van der Waals surface area contributed by atoms with E-state index in [1.165, 1.54) is 0 Å². The molecule has 0 spiro atoms. The zero-order valence-corrected chi connectivity index (χ0v) is 8.99. The van der Waals surface area contributed by atoms with Crippen molar-refractivity contribution >= 4 is 11.9 Å². The molecular formula is C12H13NO3. The van der Waals surface area contributed by atoms with Crippen LogP contribution >= 0.6 is 0 Å². The van der Waals surface area contributed by atoms with E-state index in [4.69, 9.17) is 5.11 Å². The summed E-state index contributed by atoms with van der Waals surface area (Å²) in [6.45, 7) is 2.23. The predicted molar refractivity (Wildman–Crippen MR) is 58.1 cm³/mol. The molecule has 1 atom stereocenters. The van der Waals surface area contributed by atoms with Gasteiger partial charge in [0.2, 0.25) is 0 Å². The summed E-state index contributed by atoms with van der Waals surface area (Å²) in [4.78, 5) is 22.1. The molecule has 1 aliphatic heterocycles. The highest BCUT2D eigenvalue weighted by molar-refractivity contribution is 5.98. The van der Waals surface area contributed by atoms with E-state index in [-0.39, 0.29) is 5.91 Å². The van der Waals surface area contributed by atoms with Crippen molar-refractivity contribution in [3.05, 3.63) is 34.9 Å². The summed E-state index contributed by atoms with van der Waals surface area (Å²) in [5, 5.41) is 11.5. The maximum Gasteiger partial charge on any atom is 0.306 e. The second-order valence-corrected chi connectivity index (χ2v) is 4.12. The lowest BCUT2D eigenvalue weighted by atomic mass is 9.98. The molecule has 4 heteroatoms. The van der Waals surface area contributed by atoms with E-state index in [1.54, 1.807) is 13.0 Å². The number of benzene rings is 1. The second kappa shape index (κ2) is 3.96. The lowest BCUT2D eigenvalue weighted by Crippen LogP contribution is -2.13. The highest BCUT2D eigenvalue weighted by Gasteiger charge is 2.19. The summed E-state index contributed by atoms with van der Waals surface area (Å²) in [6, 6.07) is 5.56. The Kier molecular flexibility index (Phi) is 2.64. The minimum absolute atomic E-state index is 0.0696. The number of hydrogen-bond acceptors (Lipinski definition) is 2. The van der Waals surface area contributed by atoms with Gasteiger partial charge in [0.15, 0.2) is 0 Å². The lowest BCUT2D eigenvalue weighted by molar-refractivity contribution is -0.141. The number of hydrogen-bond donors (Lipinski definition) is 2. The van der Waals surface area contributed by atoms with Crippen LogP contribution in [0.3, 0.4) is 0 Å². The summed E-state index contributed by atoms with van der Waals surface area (Å²) in [7, 11) is 0. The zero-order chi connectivity index (χ0) is 11.7. The molecular weight excluding hydrogens is 206 g/mol. The Balaban J connectivity index is 2.21. The van der Waals surface area contributed by atoms with Crippen LogP contribution in [0.2, 0.25) is 0 Å². The second-order valence-electron chi connectivity index (χ2n) is 4.12. The SMILES string of the molecule is CC(Cc1ccc2c(c1)C(=O)NC2)C(=O)O. The number of amides is 1. The molecule has 4 nitrogen and oxygen atoms in total. The molecule has 0 bridgehead atoms. The molecule has 0 fully saturated rings. The summed E-state index contributed by atoms with van der Waals surface area (Å²) in [5.74, 6) is -1.31. The van der Waals surface area contributed by atoms with Crippen LogP contribution in [0.5, 0.6) is 0 Å². The number of carboxylic acids is 1. The zero-order valence-electron chi connectivity index (χ0n) is 8.99. The molecule has 84 valence electrons. The third-order valence-electron chi connectivity index (χ3n) is 2.82. The van der Waals surface area contributed by atoms with Crippen LogP contribution in [0, 0.1) is 5.92 Å². The Bertz CT molecular complexity index is 454. The van der Waals surface area contributed by atoms with E-state index < -0.39 is 11.9 Å². The minimum Gasteiger partial charge on any atom is -0.481 e. The van der Waals surface area contributed by atoms with Gasteiger partial charge in [-0.2, -0.15) is 0 Å². The fourth-order valence-corrected chi connectivity index (χ4v) is 1.83. The number of fused-ring (bicyclic) bond motifs is 1. The molecule has 1 aliphatic rings. The third kappa shape index (κ3) is 1.91. The highest BCUT2D eigenvalue weighted by Crippen LogP contribution is 2.19. The average molecular weight is 219 g/mol. The molecule has 1 heterocycles. The van der Waals surface area contributed by atoms with E-state index in [2.05, 4.69) is 5.32 Å². The normalized spacial score (nSPS) is 15.4. The van der Waals surface area contributed by atoms with Gasteiger partial charge in [-0.3, -0.25) is 9.59 Å². The van der Waals surface area contributed by atoms with Crippen molar-refractivity contribution in [2.75, 3.05) is 0 Å². The number of carbonyl (C=O) groups is 2. The molecule has 0 saturated heterocycles. The van der Waals surface area contributed by atoms with Gasteiger partial charge in [0, 0.05) is 12.1 Å². The first-order valence-electron chi connectivity index (χ1n) is 5.20. The summed E-state index contributed by atoms with van der Waals surface area (Å²) < 4.78 is 0. The van der Waals surface area contributed by atoms with Crippen LogP contribution in [-0.2, 0) is 17.8 Å². The topological polar surface area (TPSA) is 66.4 Å². The Labute approximate surface area is 93.3 Å². The van der Waals surface area contributed by atoms with Gasteiger partial charge in [-0.15, -0.1) is 0 Å². The van der Waals surface area contributed by atoms with Crippen molar-refractivity contribution in [1.29, 1.82) is 0 Å². The fourth-order valence-electron chi connectivity index (χ4n) is 1.83. The molecule has 1 aromatic carbocycles. The fraction of sp³-hybridized carbons (Fsp3) is 0.333. The molecule has 0 saturated carbocycles. The smallest absolute Gasteiger partial charge is 0.306 e. The molecule has 1 aromatic rings. The Morgan fingerprint density at radius 1 is 1.56 bits per heavy atom. The van der Waals surface area contributed by atoms with Crippen LogP contribution in [0.1, 0.15) is 28.4 Å². The van der Waals surface area contributed by atoms with E-state index in [0.29, 0.717) is 18.5 Å². The van der Waals surface area contributed by atoms with Crippen molar-refractivity contribution in [2.45, 2.75) is 19.9 Å². The van der Waals surface area contributed by atoms with Crippen LogP contribution in [0.25, 0.3) is 0 Å². The van der Waals surface area contributed by atoms with Crippen molar-refractivity contribution in [3.8, 4) is 0 Å². The predicted octanol–water partition coefficient (Wildman–Crippen LogP) is 1.19. The third-order valence-corrected chi connectivity index (χ3v) is 2.82. The standard InChI is InChI=1S/C12H13NO3/c1-7(12(15)16)4-8-2-3-9-6-13-11(14)10(9)5-8/h2-3,5,7H,4,6H2,1H3,(H,13,14)(H,15,16). The first kappa shape index (κ1) is 10.7. The lowest BCUT2D eigenvalue weighted by Gasteiger charge is -2.07. The van der Waals surface area contributed by atoms with Crippen LogP contribution in [-0.4, -0.2) is 17.0 Å². The molecule has 0 aliphatic carbocycles. The van der Waals surface area contributed by atoms with Crippen LogP contribution in [0.15, 0.2) is 18.2 Å². The van der Waals surface area contributed by atoms with E-state index >= 15 is 0 Å². The minimum atomic E-state index is -0.815. The van der Waals surface area contributed by atoms with Gasteiger partial charge >= 0.3 is 5.97 Å². The molecule has 16 heavy (non-hydrogen) atoms. The summed E-state index contributed by atoms with van der Waals surface area (Å²) in [6.07, 6.45) is 0.454. The Hall–Kier alpha value is -1.84. The average Bonchev–Trinajstić information content (AvgIpc) is 2.60. The van der Waals surface area contributed by atoms with Gasteiger partial charge in [-0.1, -0.05) is 19.1 Å². The number of rotatable bonds is 3. The van der Waals surface area contributed by atoms with Gasteiger partial charge < -0.3 is 10.4 Å². The van der Waals surface area contributed by atoms with Gasteiger partial charge in [-0.05, 0) is 23.6 Å². The molecule has 1 unspecified atom stereocenters. The molecule has 0 aromatic heterocycles. The Morgan fingerprint density at radius 3 is 3.00 bits per heavy atom. The van der Waals surface area contributed by atoms with Crippen molar-refractivity contribution in [3.63, 3.8) is 0 Å². The van der Waals surface area contributed by atoms with Gasteiger partial charge in [0.25, 0.3) is 5.91 Å². The first-order chi connectivity index (χ1) is 7.58. The highest BCUT2D eigenvalue weighted by atomic mass is 16.4. The molecule has 1 amide bonds. The summed E-state index contributed by atoms with van der Waals surface area (Å²) >= 11 is 0. The number of aliphatic carboxylic acids is 1. The van der Waals surface area contributed by atoms with E-state index in [9.17, 15) is 9.59 Å². The number of nitrogens with one attached hydrogen (secondary N) is 1. The first-order valence-corrected chi connectivity index (χ1v) is 5.20. The van der Waals surface area contributed by atoms with Crippen LogP contribution in [0.4, 0.5) is 0 Å². The molecule has 2 N–H and O–H groups in total. The van der Waals surface area contributed by atoms with Crippen molar-refractivity contribution in [2.24, 2.45) is 5.92 Å². The van der Waals surface area contributed by atoms with Gasteiger partial charge in [-0.25, -0.2) is 0 Å². The molecule has 2 rings (SSSR count). The van der Waals surface area contributed by atoms with Gasteiger partial charge in [0.1, 0.15) is 0 Å². The maximum atomic E-state index is 11.4. The van der Waals surface area contributed by atoms with Crippen molar-refractivity contribution < 1.29 is 14.7 Å². The van der Waals surface area contributed by atoms with E-state index in [1.807, 2.05) is 12.1 Å². The number of carboxylic acid groups (broad SMARTS) is 1. The van der Waals surface area contributed by atoms with Gasteiger partial charge in [0.05, 0.1) is 5.92 Å². The quantitative estimate of drug-likeness (QED) is 0.802. The van der Waals surface area contributed by atoms with Crippen molar-refractivity contribution in [1.82, 2.24) is 5.32 Å². The Morgan fingerprint density at radius 2 is 2.31 bits per heavy atom. The monoisotopic (exact) mass is 219 g/mol. The number of carbonyl (C=O) groups excluding carboxylic acids is 1. The largest absolute Gasteiger partial charge is 0.481 e. The summed E-state index contributed by atoms with van der Waals surface area (Å²) in [5.41, 5.74) is 2.55.